The van der Waals surface area contributed by atoms with Crippen molar-refractivity contribution in [1.82, 2.24) is 0 Å². The van der Waals surface area contributed by atoms with Crippen LogP contribution in [0, 0.1) is 28.6 Å². The van der Waals surface area contributed by atoms with Crippen molar-refractivity contribution in [2.45, 2.75) is 77.7 Å². The van der Waals surface area contributed by atoms with E-state index in [0.29, 0.717) is 10.8 Å². The van der Waals surface area contributed by atoms with E-state index in [1.807, 2.05) is 5.57 Å². The molecule has 1 N–H and O–H groups in total. The predicted octanol–water partition coefficient (Wildman–Crippen LogP) is 4.70. The summed E-state index contributed by atoms with van der Waals surface area (Å²) in [5.41, 5.74) is 2.92. The molecule has 4 aliphatic rings. The van der Waals surface area contributed by atoms with Crippen LogP contribution in [0.4, 0.5) is 0 Å². The van der Waals surface area contributed by atoms with Crippen LogP contribution in [-0.2, 0) is 0 Å². The van der Waals surface area contributed by atoms with Crippen LogP contribution in [-0.4, -0.2) is 11.2 Å². The normalized spacial score (nSPS) is 54.6. The lowest BCUT2D eigenvalue weighted by Gasteiger charge is -2.59. The third-order valence-corrected chi connectivity index (χ3v) is 7.83. The minimum Gasteiger partial charge on any atom is -0.393 e. The van der Waals surface area contributed by atoms with Crippen LogP contribution in [0.1, 0.15) is 71.6 Å². The van der Waals surface area contributed by atoms with Gasteiger partial charge in [0, 0.05) is 0 Å². The number of hydrogen-bond donors (Lipinski definition) is 1. The molecule has 4 rings (SSSR count). The molecule has 112 valence electrons. The van der Waals surface area contributed by atoms with Crippen molar-refractivity contribution < 1.29 is 5.11 Å². The number of hydrogen-bond acceptors (Lipinski definition) is 1. The monoisotopic (exact) mass is 274 g/mol. The van der Waals surface area contributed by atoms with Gasteiger partial charge in [-0.2, -0.15) is 0 Å². The van der Waals surface area contributed by atoms with Crippen LogP contribution in [0.2, 0.25) is 0 Å². The quantitative estimate of drug-likeness (QED) is 0.635. The molecule has 0 aromatic rings. The Balaban J connectivity index is 1.66. The van der Waals surface area contributed by atoms with E-state index in [9.17, 15) is 5.11 Å². The highest BCUT2D eigenvalue weighted by molar-refractivity contribution is 5.27. The van der Waals surface area contributed by atoms with Crippen molar-refractivity contribution >= 4 is 0 Å². The summed E-state index contributed by atoms with van der Waals surface area (Å²) in [7, 11) is 0. The Morgan fingerprint density at radius 1 is 1.05 bits per heavy atom. The smallest absolute Gasteiger partial charge is 0.0543 e. The minimum atomic E-state index is -0.0100. The second-order valence-electron chi connectivity index (χ2n) is 8.72. The van der Waals surface area contributed by atoms with Gasteiger partial charge in [-0.1, -0.05) is 25.5 Å². The number of rotatable bonds is 0. The molecule has 20 heavy (non-hydrogen) atoms. The van der Waals surface area contributed by atoms with E-state index in [-0.39, 0.29) is 6.10 Å². The first-order valence-corrected chi connectivity index (χ1v) is 8.91. The first-order chi connectivity index (χ1) is 9.53. The Labute approximate surface area is 123 Å². The summed E-state index contributed by atoms with van der Waals surface area (Å²) in [4.78, 5) is 0. The van der Waals surface area contributed by atoms with Crippen LogP contribution in [0.3, 0.4) is 0 Å². The molecule has 3 saturated carbocycles. The summed E-state index contributed by atoms with van der Waals surface area (Å²) < 4.78 is 0. The van der Waals surface area contributed by atoms with Crippen molar-refractivity contribution in [1.29, 1.82) is 0 Å². The van der Waals surface area contributed by atoms with Crippen LogP contribution < -0.4 is 0 Å². The fourth-order valence-corrected chi connectivity index (χ4v) is 6.56. The van der Waals surface area contributed by atoms with Crippen LogP contribution >= 0.6 is 0 Å². The molecule has 6 atom stereocenters. The molecule has 3 fully saturated rings. The zero-order valence-corrected chi connectivity index (χ0v) is 13.2. The number of fused-ring (bicyclic) bond motifs is 5. The van der Waals surface area contributed by atoms with Gasteiger partial charge in [0.2, 0.25) is 0 Å². The standard InChI is InChI=1S/C19H30O/c1-18-9-3-4-16(18)15-6-5-13-12-14(20)7-11-19(13,2)17(15)8-10-18/h4,13-15,17,20H,3,5-12H2,1-2H3/t13-,14-,15+,17-,18+,19+/m1/s1. The first kappa shape index (κ1) is 13.4. The molecule has 0 aromatic carbocycles. The molecule has 0 spiro atoms. The molecule has 1 heteroatoms. The Morgan fingerprint density at radius 2 is 1.90 bits per heavy atom. The van der Waals surface area contributed by atoms with E-state index < -0.39 is 0 Å². The molecule has 0 aliphatic heterocycles. The van der Waals surface area contributed by atoms with Crippen LogP contribution in [0.25, 0.3) is 0 Å². The lowest BCUT2D eigenvalue weighted by molar-refractivity contribution is -0.0812. The molecule has 0 radical (unpaired) electrons. The first-order valence-electron chi connectivity index (χ1n) is 8.91. The number of aliphatic hydroxyl groups is 1. The van der Waals surface area contributed by atoms with Crippen molar-refractivity contribution in [3.05, 3.63) is 11.6 Å². The third kappa shape index (κ3) is 1.71. The Kier molecular flexibility index (Phi) is 2.91. The minimum absolute atomic E-state index is 0.0100. The summed E-state index contributed by atoms with van der Waals surface area (Å²) in [5.74, 6) is 2.58. The van der Waals surface area contributed by atoms with Gasteiger partial charge in [0.15, 0.2) is 0 Å². The van der Waals surface area contributed by atoms with Gasteiger partial charge >= 0.3 is 0 Å². The average molecular weight is 274 g/mol. The number of aliphatic hydroxyl groups excluding tert-OH is 1. The summed E-state index contributed by atoms with van der Waals surface area (Å²) in [5, 5.41) is 10.0. The second-order valence-corrected chi connectivity index (χ2v) is 8.72. The van der Waals surface area contributed by atoms with Gasteiger partial charge in [0.25, 0.3) is 0 Å². The molecule has 0 aromatic heterocycles. The maximum absolute atomic E-state index is 10.0. The van der Waals surface area contributed by atoms with Gasteiger partial charge in [0.1, 0.15) is 0 Å². The van der Waals surface area contributed by atoms with Gasteiger partial charge in [-0.3, -0.25) is 0 Å². The zero-order chi connectivity index (χ0) is 14.0. The molecule has 0 heterocycles. The van der Waals surface area contributed by atoms with Gasteiger partial charge in [-0.25, -0.2) is 0 Å². The van der Waals surface area contributed by atoms with E-state index in [0.717, 1.165) is 30.6 Å². The maximum atomic E-state index is 10.0. The molecule has 0 saturated heterocycles. The van der Waals surface area contributed by atoms with E-state index in [1.54, 1.807) is 0 Å². The maximum Gasteiger partial charge on any atom is 0.0543 e. The van der Waals surface area contributed by atoms with Gasteiger partial charge in [-0.05, 0) is 86.4 Å². The summed E-state index contributed by atoms with van der Waals surface area (Å²) >= 11 is 0. The fraction of sp³-hybridized carbons (Fsp3) is 0.895. The van der Waals surface area contributed by atoms with E-state index in [2.05, 4.69) is 19.9 Å². The fourth-order valence-electron chi connectivity index (χ4n) is 6.56. The van der Waals surface area contributed by atoms with Crippen LogP contribution in [0.15, 0.2) is 11.6 Å². The highest BCUT2D eigenvalue weighted by Gasteiger charge is 2.55. The highest BCUT2D eigenvalue weighted by Crippen LogP contribution is 2.64. The van der Waals surface area contributed by atoms with Crippen molar-refractivity contribution in [3.8, 4) is 0 Å². The Morgan fingerprint density at radius 3 is 2.75 bits per heavy atom. The zero-order valence-electron chi connectivity index (χ0n) is 13.2. The van der Waals surface area contributed by atoms with E-state index in [4.69, 9.17) is 0 Å². The second kappa shape index (κ2) is 4.35. The lowest BCUT2D eigenvalue weighted by atomic mass is 9.46. The molecule has 1 nitrogen and oxygen atoms in total. The molecular formula is C19H30O. The Bertz CT molecular complexity index is 439. The molecule has 0 amide bonds. The summed E-state index contributed by atoms with van der Waals surface area (Å²) in [6.07, 6.45) is 14.4. The topological polar surface area (TPSA) is 20.2 Å². The molecule has 0 bridgehead atoms. The third-order valence-electron chi connectivity index (χ3n) is 7.83. The largest absolute Gasteiger partial charge is 0.393 e. The highest BCUT2D eigenvalue weighted by atomic mass is 16.3. The Hall–Kier alpha value is -0.300. The molecule has 0 unspecified atom stereocenters. The summed E-state index contributed by atoms with van der Waals surface area (Å²) in [6.45, 7) is 5.10. The lowest BCUT2D eigenvalue weighted by Crippen LogP contribution is -2.51. The van der Waals surface area contributed by atoms with Gasteiger partial charge < -0.3 is 5.11 Å². The van der Waals surface area contributed by atoms with Gasteiger partial charge in [-0.15, -0.1) is 0 Å². The van der Waals surface area contributed by atoms with Crippen molar-refractivity contribution in [2.75, 3.05) is 0 Å². The average Bonchev–Trinajstić information content (AvgIpc) is 2.81. The SMILES string of the molecule is C[C@@]12CCC=C1[C@@H]1CC[C@@H]3C[C@H](O)CC[C@]3(C)[C@@H]1CC2. The van der Waals surface area contributed by atoms with Crippen molar-refractivity contribution in [3.63, 3.8) is 0 Å². The van der Waals surface area contributed by atoms with E-state index >= 15 is 0 Å². The van der Waals surface area contributed by atoms with Crippen molar-refractivity contribution in [2.24, 2.45) is 28.6 Å². The van der Waals surface area contributed by atoms with Gasteiger partial charge in [0.05, 0.1) is 6.10 Å². The van der Waals surface area contributed by atoms with Crippen LogP contribution in [0.5, 0.6) is 0 Å². The molecular weight excluding hydrogens is 244 g/mol. The number of allylic oxidation sites excluding steroid dienone is 2. The van der Waals surface area contributed by atoms with E-state index in [1.165, 1.54) is 44.9 Å². The molecule has 4 aliphatic carbocycles. The predicted molar refractivity (Wildman–Crippen MR) is 82.3 cm³/mol. The summed E-state index contributed by atoms with van der Waals surface area (Å²) in [6, 6.07) is 0.